The summed E-state index contributed by atoms with van der Waals surface area (Å²) in [4.78, 5) is 33.7. The number of amides is 2. The van der Waals surface area contributed by atoms with Crippen molar-refractivity contribution >= 4 is 23.3 Å². The third-order valence-electron chi connectivity index (χ3n) is 2.07. The molecule has 0 aliphatic heterocycles. The van der Waals surface area contributed by atoms with Crippen molar-refractivity contribution in [1.82, 2.24) is 5.32 Å². The molecular weight excluding hydrogens is 220 g/mol. The summed E-state index contributed by atoms with van der Waals surface area (Å²) in [5.74, 6) is -1.53. The Hall–Kier alpha value is -2.17. The van der Waals surface area contributed by atoms with Crippen molar-refractivity contribution in [3.8, 4) is 0 Å². The Morgan fingerprint density at radius 3 is 2.47 bits per heavy atom. The first kappa shape index (κ1) is 12.9. The lowest BCUT2D eigenvalue weighted by atomic mass is 10.1. The maximum atomic E-state index is 11.4. The minimum atomic E-state index is -0.743. The standard InChI is InChI=1S/C12H14N2O3/c1-3-13-11(16)12(17)14-10-6-4-5-9(7-10)8(2)15/h4-7H,3H2,1-2H3,(H,13,16)(H,14,17). The highest BCUT2D eigenvalue weighted by molar-refractivity contribution is 6.39. The Bertz CT molecular complexity index is 455. The van der Waals surface area contributed by atoms with Gasteiger partial charge >= 0.3 is 11.8 Å². The number of hydrogen-bond donors (Lipinski definition) is 2. The molecule has 5 heteroatoms. The van der Waals surface area contributed by atoms with Gasteiger partial charge in [0.05, 0.1) is 0 Å². The molecule has 17 heavy (non-hydrogen) atoms. The van der Waals surface area contributed by atoms with Crippen LogP contribution in [0.4, 0.5) is 5.69 Å². The third kappa shape index (κ3) is 3.71. The van der Waals surface area contributed by atoms with E-state index in [1.54, 1.807) is 25.1 Å². The number of hydrogen-bond acceptors (Lipinski definition) is 3. The van der Waals surface area contributed by atoms with Gasteiger partial charge in [-0.2, -0.15) is 0 Å². The van der Waals surface area contributed by atoms with E-state index in [0.717, 1.165) is 0 Å². The molecule has 0 saturated carbocycles. The highest BCUT2D eigenvalue weighted by Crippen LogP contribution is 2.10. The van der Waals surface area contributed by atoms with Gasteiger partial charge in [-0.1, -0.05) is 12.1 Å². The number of Topliss-reactive ketones (excluding diaryl/α,β-unsaturated/α-hetero) is 1. The van der Waals surface area contributed by atoms with E-state index < -0.39 is 11.8 Å². The van der Waals surface area contributed by atoms with Crippen LogP contribution in [0.15, 0.2) is 24.3 Å². The monoisotopic (exact) mass is 234 g/mol. The molecule has 2 amide bonds. The van der Waals surface area contributed by atoms with E-state index in [-0.39, 0.29) is 5.78 Å². The molecule has 90 valence electrons. The summed E-state index contributed by atoms with van der Waals surface area (Å²) in [7, 11) is 0. The summed E-state index contributed by atoms with van der Waals surface area (Å²) in [6, 6.07) is 6.43. The van der Waals surface area contributed by atoms with Gasteiger partial charge in [0.1, 0.15) is 0 Å². The van der Waals surface area contributed by atoms with Crippen LogP contribution in [-0.2, 0) is 9.59 Å². The third-order valence-corrected chi connectivity index (χ3v) is 2.07. The summed E-state index contributed by atoms with van der Waals surface area (Å²) < 4.78 is 0. The largest absolute Gasteiger partial charge is 0.348 e. The van der Waals surface area contributed by atoms with Gasteiger partial charge in [0.15, 0.2) is 5.78 Å². The van der Waals surface area contributed by atoms with Crippen molar-refractivity contribution in [1.29, 1.82) is 0 Å². The first-order valence-electron chi connectivity index (χ1n) is 5.24. The van der Waals surface area contributed by atoms with Gasteiger partial charge in [0.2, 0.25) is 0 Å². The summed E-state index contributed by atoms with van der Waals surface area (Å²) >= 11 is 0. The molecule has 0 bridgehead atoms. The van der Waals surface area contributed by atoms with Gasteiger partial charge in [0.25, 0.3) is 0 Å². The van der Waals surface area contributed by atoms with Crippen LogP contribution in [-0.4, -0.2) is 24.1 Å². The van der Waals surface area contributed by atoms with Gasteiger partial charge in [-0.25, -0.2) is 0 Å². The van der Waals surface area contributed by atoms with Crippen molar-refractivity contribution in [3.63, 3.8) is 0 Å². The average molecular weight is 234 g/mol. The van der Waals surface area contributed by atoms with E-state index in [0.29, 0.717) is 17.8 Å². The molecule has 0 radical (unpaired) electrons. The maximum Gasteiger partial charge on any atom is 0.313 e. The van der Waals surface area contributed by atoms with E-state index in [1.165, 1.54) is 13.0 Å². The molecule has 0 atom stereocenters. The van der Waals surface area contributed by atoms with Gasteiger partial charge < -0.3 is 10.6 Å². The smallest absolute Gasteiger partial charge is 0.313 e. The summed E-state index contributed by atoms with van der Waals surface area (Å²) in [5.41, 5.74) is 0.910. The number of carbonyl (C=O) groups excluding carboxylic acids is 3. The van der Waals surface area contributed by atoms with Crippen molar-refractivity contribution < 1.29 is 14.4 Å². The molecule has 0 aliphatic carbocycles. The predicted molar refractivity (Wildman–Crippen MR) is 63.8 cm³/mol. The summed E-state index contributed by atoms with van der Waals surface area (Å²) in [6.45, 7) is 3.55. The number of ketones is 1. The second-order valence-electron chi connectivity index (χ2n) is 3.45. The molecule has 0 aromatic heterocycles. The van der Waals surface area contributed by atoms with E-state index in [1.807, 2.05) is 0 Å². The Labute approximate surface area is 99.2 Å². The SMILES string of the molecule is CCNC(=O)C(=O)Nc1cccc(C(C)=O)c1. The van der Waals surface area contributed by atoms with Crippen LogP contribution in [0.1, 0.15) is 24.2 Å². The van der Waals surface area contributed by atoms with Crippen LogP contribution in [0.25, 0.3) is 0 Å². The minimum absolute atomic E-state index is 0.0980. The minimum Gasteiger partial charge on any atom is -0.348 e. The highest BCUT2D eigenvalue weighted by atomic mass is 16.2. The summed E-state index contributed by atoms with van der Waals surface area (Å²) in [5, 5.41) is 4.80. The molecule has 0 unspecified atom stereocenters. The van der Waals surface area contributed by atoms with E-state index in [4.69, 9.17) is 0 Å². The Balaban J connectivity index is 2.75. The van der Waals surface area contributed by atoms with Crippen LogP contribution in [0.3, 0.4) is 0 Å². The lowest BCUT2D eigenvalue weighted by Crippen LogP contribution is -2.35. The molecule has 1 aromatic rings. The normalized spacial score (nSPS) is 9.53. The van der Waals surface area contributed by atoms with E-state index in [9.17, 15) is 14.4 Å². The van der Waals surface area contributed by atoms with Gasteiger partial charge in [0, 0.05) is 17.8 Å². The van der Waals surface area contributed by atoms with Crippen LogP contribution < -0.4 is 10.6 Å². The lowest BCUT2D eigenvalue weighted by molar-refractivity contribution is -0.136. The molecule has 5 nitrogen and oxygen atoms in total. The zero-order valence-electron chi connectivity index (χ0n) is 9.74. The molecule has 1 rings (SSSR count). The molecule has 0 spiro atoms. The van der Waals surface area contributed by atoms with Crippen LogP contribution >= 0.6 is 0 Å². The maximum absolute atomic E-state index is 11.4. The highest BCUT2D eigenvalue weighted by Gasteiger charge is 2.12. The number of benzene rings is 1. The van der Waals surface area contributed by atoms with E-state index >= 15 is 0 Å². The fourth-order valence-corrected chi connectivity index (χ4v) is 1.24. The lowest BCUT2D eigenvalue weighted by Gasteiger charge is -2.05. The molecule has 0 fully saturated rings. The fraction of sp³-hybridized carbons (Fsp3) is 0.250. The predicted octanol–water partition coefficient (Wildman–Crippen LogP) is 0.964. The number of likely N-dealkylation sites (N-methyl/N-ethyl adjacent to an activating group) is 1. The second kappa shape index (κ2) is 5.79. The van der Waals surface area contributed by atoms with Crippen LogP contribution in [0.2, 0.25) is 0 Å². The Morgan fingerprint density at radius 2 is 1.88 bits per heavy atom. The zero-order valence-corrected chi connectivity index (χ0v) is 9.74. The molecule has 1 aromatic carbocycles. The Kier molecular flexibility index (Phi) is 4.39. The van der Waals surface area contributed by atoms with Crippen LogP contribution in [0, 0.1) is 0 Å². The van der Waals surface area contributed by atoms with E-state index in [2.05, 4.69) is 10.6 Å². The molecule has 0 heterocycles. The zero-order chi connectivity index (χ0) is 12.8. The number of anilines is 1. The molecule has 0 saturated heterocycles. The first-order chi connectivity index (χ1) is 8.04. The quantitative estimate of drug-likeness (QED) is 0.604. The molecular formula is C12H14N2O3. The average Bonchev–Trinajstić information content (AvgIpc) is 2.29. The van der Waals surface area contributed by atoms with Crippen molar-refractivity contribution in [2.75, 3.05) is 11.9 Å². The Morgan fingerprint density at radius 1 is 1.18 bits per heavy atom. The van der Waals surface area contributed by atoms with Crippen LogP contribution in [0.5, 0.6) is 0 Å². The second-order valence-corrected chi connectivity index (χ2v) is 3.45. The number of rotatable bonds is 3. The van der Waals surface area contributed by atoms with Crippen molar-refractivity contribution in [3.05, 3.63) is 29.8 Å². The summed E-state index contributed by atoms with van der Waals surface area (Å²) in [6.07, 6.45) is 0. The number of carbonyl (C=O) groups is 3. The van der Waals surface area contributed by atoms with Crippen molar-refractivity contribution in [2.24, 2.45) is 0 Å². The van der Waals surface area contributed by atoms with Gasteiger partial charge in [-0.3, -0.25) is 14.4 Å². The fourth-order valence-electron chi connectivity index (χ4n) is 1.24. The first-order valence-corrected chi connectivity index (χ1v) is 5.24. The molecule has 0 aliphatic rings. The molecule has 2 N–H and O–H groups in total. The van der Waals surface area contributed by atoms with Crippen molar-refractivity contribution in [2.45, 2.75) is 13.8 Å². The van der Waals surface area contributed by atoms with Gasteiger partial charge in [-0.15, -0.1) is 0 Å². The number of nitrogens with one attached hydrogen (secondary N) is 2. The van der Waals surface area contributed by atoms with Gasteiger partial charge in [-0.05, 0) is 26.0 Å². The topological polar surface area (TPSA) is 75.3 Å².